The van der Waals surface area contributed by atoms with Crippen molar-refractivity contribution in [3.8, 4) is 0 Å². The molecule has 0 saturated heterocycles. The smallest absolute Gasteiger partial charge is 0.306 e. The molecule has 1 aliphatic carbocycles. The van der Waals surface area contributed by atoms with E-state index in [1.165, 1.54) is 0 Å². The molecule has 0 aliphatic heterocycles. The van der Waals surface area contributed by atoms with Gasteiger partial charge in [0.1, 0.15) is 0 Å². The van der Waals surface area contributed by atoms with Crippen LogP contribution >= 0.6 is 0 Å². The molecule has 0 radical (unpaired) electrons. The summed E-state index contributed by atoms with van der Waals surface area (Å²) >= 11 is 0. The zero-order valence-electron chi connectivity index (χ0n) is 8.38. The van der Waals surface area contributed by atoms with Crippen LogP contribution in [0.15, 0.2) is 0 Å². The third kappa shape index (κ3) is 2.21. The van der Waals surface area contributed by atoms with E-state index in [4.69, 9.17) is 9.84 Å². The molecule has 1 fully saturated rings. The molecule has 3 nitrogen and oxygen atoms in total. The predicted octanol–water partition coefficient (Wildman–Crippen LogP) is 2.06. The molecule has 0 aromatic heterocycles. The highest BCUT2D eigenvalue weighted by Crippen LogP contribution is 2.36. The summed E-state index contributed by atoms with van der Waals surface area (Å²) < 4.78 is 5.46. The molecule has 0 spiro atoms. The van der Waals surface area contributed by atoms with E-state index in [0.717, 1.165) is 32.1 Å². The fourth-order valence-electron chi connectivity index (χ4n) is 2.09. The number of methoxy groups -OCH3 is 1. The fraction of sp³-hybridized carbons (Fsp3) is 0.900. The molecule has 1 N–H and O–H groups in total. The average Bonchev–Trinajstić information content (AvgIpc) is 2.18. The topological polar surface area (TPSA) is 46.5 Å². The van der Waals surface area contributed by atoms with Crippen LogP contribution in [0.2, 0.25) is 0 Å². The Morgan fingerprint density at radius 2 is 2.08 bits per heavy atom. The molecule has 13 heavy (non-hydrogen) atoms. The quantitative estimate of drug-likeness (QED) is 0.733. The van der Waals surface area contributed by atoms with Gasteiger partial charge in [0.25, 0.3) is 0 Å². The molecule has 1 rings (SSSR count). The minimum Gasteiger partial charge on any atom is -0.481 e. The summed E-state index contributed by atoms with van der Waals surface area (Å²) in [5.74, 6) is -0.796. The number of hydrogen-bond donors (Lipinski definition) is 1. The number of carbonyl (C=O) groups is 1. The lowest BCUT2D eigenvalue weighted by molar-refractivity contribution is -0.145. The summed E-state index contributed by atoms with van der Waals surface area (Å²) in [5, 5.41) is 8.81. The van der Waals surface area contributed by atoms with Gasteiger partial charge in [0, 0.05) is 7.11 Å². The van der Waals surface area contributed by atoms with Crippen LogP contribution in [0.3, 0.4) is 0 Å². The Bertz CT molecular complexity index is 175. The molecule has 0 bridgehead atoms. The first kappa shape index (κ1) is 10.5. The number of carboxylic acids is 1. The SMILES string of the molecule is CCC1(OC)CCC(C(=O)O)CC1. The van der Waals surface area contributed by atoms with Gasteiger partial charge in [-0.2, -0.15) is 0 Å². The minimum atomic E-state index is -0.652. The Labute approximate surface area is 79.1 Å². The highest BCUT2D eigenvalue weighted by molar-refractivity contribution is 5.70. The molecule has 76 valence electrons. The zero-order valence-corrected chi connectivity index (χ0v) is 8.38. The van der Waals surface area contributed by atoms with Crippen molar-refractivity contribution in [2.75, 3.05) is 7.11 Å². The standard InChI is InChI=1S/C10H18O3/c1-3-10(13-2)6-4-8(5-7-10)9(11)12/h8H,3-7H2,1-2H3,(H,11,12). The van der Waals surface area contributed by atoms with Crippen molar-refractivity contribution in [3.05, 3.63) is 0 Å². The maximum atomic E-state index is 10.7. The fourth-order valence-corrected chi connectivity index (χ4v) is 2.09. The van der Waals surface area contributed by atoms with Gasteiger partial charge < -0.3 is 9.84 Å². The molecule has 0 aromatic rings. The second-order valence-electron chi connectivity index (χ2n) is 3.85. The number of rotatable bonds is 3. The summed E-state index contributed by atoms with van der Waals surface area (Å²) in [6, 6.07) is 0. The van der Waals surface area contributed by atoms with Crippen LogP contribution in [0.5, 0.6) is 0 Å². The highest BCUT2D eigenvalue weighted by atomic mass is 16.5. The lowest BCUT2D eigenvalue weighted by Crippen LogP contribution is -2.37. The lowest BCUT2D eigenvalue weighted by Gasteiger charge is -2.37. The van der Waals surface area contributed by atoms with Crippen molar-refractivity contribution < 1.29 is 14.6 Å². The maximum absolute atomic E-state index is 10.7. The molecule has 3 heteroatoms. The number of ether oxygens (including phenoxy) is 1. The number of aliphatic carboxylic acids is 1. The Kier molecular flexibility index (Phi) is 3.31. The van der Waals surface area contributed by atoms with Crippen LogP contribution in [0.1, 0.15) is 39.0 Å². The van der Waals surface area contributed by atoms with E-state index in [-0.39, 0.29) is 11.5 Å². The van der Waals surface area contributed by atoms with E-state index in [1.807, 2.05) is 0 Å². The molecule has 0 heterocycles. The maximum Gasteiger partial charge on any atom is 0.306 e. The normalized spacial score (nSPS) is 34.5. The van der Waals surface area contributed by atoms with Crippen LogP contribution in [0.4, 0.5) is 0 Å². The number of carboxylic acid groups (broad SMARTS) is 1. The second-order valence-corrected chi connectivity index (χ2v) is 3.85. The van der Waals surface area contributed by atoms with Gasteiger partial charge in [0.15, 0.2) is 0 Å². The lowest BCUT2D eigenvalue weighted by atomic mass is 9.77. The van der Waals surface area contributed by atoms with Crippen LogP contribution in [0.25, 0.3) is 0 Å². The Balaban J connectivity index is 2.50. The van der Waals surface area contributed by atoms with Gasteiger partial charge in [-0.25, -0.2) is 0 Å². The van der Waals surface area contributed by atoms with Gasteiger partial charge in [-0.15, -0.1) is 0 Å². The Morgan fingerprint density at radius 1 is 1.54 bits per heavy atom. The van der Waals surface area contributed by atoms with Gasteiger partial charge in [-0.05, 0) is 32.1 Å². The van der Waals surface area contributed by atoms with Crippen LogP contribution in [-0.4, -0.2) is 23.8 Å². The van der Waals surface area contributed by atoms with Crippen molar-refractivity contribution in [2.24, 2.45) is 5.92 Å². The van der Waals surface area contributed by atoms with Crippen molar-refractivity contribution in [3.63, 3.8) is 0 Å². The first-order valence-corrected chi connectivity index (χ1v) is 4.91. The summed E-state index contributed by atoms with van der Waals surface area (Å²) in [4.78, 5) is 10.7. The van der Waals surface area contributed by atoms with Gasteiger partial charge in [0.05, 0.1) is 11.5 Å². The first-order chi connectivity index (χ1) is 6.13. The van der Waals surface area contributed by atoms with Crippen LogP contribution in [0, 0.1) is 5.92 Å². The van der Waals surface area contributed by atoms with Crippen LogP contribution in [-0.2, 0) is 9.53 Å². The van der Waals surface area contributed by atoms with Crippen molar-refractivity contribution in [1.82, 2.24) is 0 Å². The highest BCUT2D eigenvalue weighted by Gasteiger charge is 2.35. The first-order valence-electron chi connectivity index (χ1n) is 4.91. The molecule has 1 saturated carbocycles. The second kappa shape index (κ2) is 4.09. The summed E-state index contributed by atoms with van der Waals surface area (Å²) in [5.41, 5.74) is -0.0358. The van der Waals surface area contributed by atoms with E-state index in [0.29, 0.717) is 0 Å². The monoisotopic (exact) mass is 186 g/mol. The zero-order chi connectivity index (χ0) is 9.90. The molecular formula is C10H18O3. The van der Waals surface area contributed by atoms with Gasteiger partial charge in [0.2, 0.25) is 0 Å². The molecule has 0 amide bonds. The van der Waals surface area contributed by atoms with E-state index < -0.39 is 5.97 Å². The van der Waals surface area contributed by atoms with E-state index in [2.05, 4.69) is 6.92 Å². The van der Waals surface area contributed by atoms with E-state index in [1.54, 1.807) is 7.11 Å². The van der Waals surface area contributed by atoms with Crippen molar-refractivity contribution in [1.29, 1.82) is 0 Å². The third-order valence-corrected chi connectivity index (χ3v) is 3.32. The van der Waals surface area contributed by atoms with Gasteiger partial charge >= 0.3 is 5.97 Å². The number of hydrogen-bond acceptors (Lipinski definition) is 2. The Hall–Kier alpha value is -0.570. The van der Waals surface area contributed by atoms with Crippen molar-refractivity contribution in [2.45, 2.75) is 44.6 Å². The largest absolute Gasteiger partial charge is 0.481 e. The predicted molar refractivity (Wildman–Crippen MR) is 49.6 cm³/mol. The van der Waals surface area contributed by atoms with E-state index >= 15 is 0 Å². The summed E-state index contributed by atoms with van der Waals surface area (Å²) in [6.07, 6.45) is 4.28. The average molecular weight is 186 g/mol. The summed E-state index contributed by atoms with van der Waals surface area (Å²) in [7, 11) is 1.73. The van der Waals surface area contributed by atoms with E-state index in [9.17, 15) is 4.79 Å². The minimum absolute atomic E-state index is 0.0358. The molecule has 0 unspecified atom stereocenters. The third-order valence-electron chi connectivity index (χ3n) is 3.32. The van der Waals surface area contributed by atoms with Gasteiger partial charge in [-0.1, -0.05) is 6.92 Å². The molecule has 1 aliphatic rings. The molecule has 0 atom stereocenters. The Morgan fingerprint density at radius 3 is 2.38 bits per heavy atom. The summed E-state index contributed by atoms with van der Waals surface area (Å²) in [6.45, 7) is 2.10. The van der Waals surface area contributed by atoms with Gasteiger partial charge in [-0.3, -0.25) is 4.79 Å². The molecular weight excluding hydrogens is 168 g/mol. The van der Waals surface area contributed by atoms with Crippen molar-refractivity contribution >= 4 is 5.97 Å². The molecule has 0 aromatic carbocycles. The van der Waals surface area contributed by atoms with Crippen LogP contribution < -0.4 is 0 Å².